The Morgan fingerprint density at radius 2 is 2.19 bits per heavy atom. The third-order valence-electron chi connectivity index (χ3n) is 5.42. The molecule has 134 valence electrons. The van der Waals surface area contributed by atoms with Crippen LogP contribution < -0.4 is 4.90 Å². The van der Waals surface area contributed by atoms with E-state index in [-0.39, 0.29) is 18.0 Å². The number of hydrogen-bond acceptors (Lipinski definition) is 6. The van der Waals surface area contributed by atoms with Crippen molar-refractivity contribution in [2.45, 2.75) is 31.3 Å². The van der Waals surface area contributed by atoms with Gasteiger partial charge in [-0.05, 0) is 36.8 Å². The van der Waals surface area contributed by atoms with Gasteiger partial charge < -0.3 is 9.80 Å². The molecule has 0 N–H and O–H groups in total. The van der Waals surface area contributed by atoms with Crippen LogP contribution in [0.1, 0.15) is 25.3 Å². The SMILES string of the molecule is O=C(C1CCCN1c1ncnc2sccc12)N1CCC(n2cccn2)C1. The highest BCUT2D eigenvalue weighted by Crippen LogP contribution is 2.33. The average molecular weight is 368 g/mol. The molecule has 2 atom stereocenters. The van der Waals surface area contributed by atoms with Crippen molar-refractivity contribution in [3.63, 3.8) is 0 Å². The van der Waals surface area contributed by atoms with Crippen LogP contribution in [-0.4, -0.2) is 56.2 Å². The fourth-order valence-electron chi connectivity index (χ4n) is 4.15. The second-order valence-corrected chi connectivity index (χ2v) is 7.80. The Labute approximate surface area is 155 Å². The fourth-order valence-corrected chi connectivity index (χ4v) is 4.88. The summed E-state index contributed by atoms with van der Waals surface area (Å²) in [6, 6.07) is 4.15. The zero-order valence-electron chi connectivity index (χ0n) is 14.4. The van der Waals surface area contributed by atoms with Crippen LogP contribution in [0.2, 0.25) is 0 Å². The van der Waals surface area contributed by atoms with Crippen LogP contribution in [0.15, 0.2) is 36.2 Å². The number of amides is 1. The van der Waals surface area contributed by atoms with Crippen LogP contribution in [0.3, 0.4) is 0 Å². The topological polar surface area (TPSA) is 67.2 Å². The number of nitrogens with zero attached hydrogens (tertiary/aromatic N) is 6. The number of carbonyl (C=O) groups is 1. The van der Waals surface area contributed by atoms with Gasteiger partial charge in [0, 0.05) is 32.0 Å². The van der Waals surface area contributed by atoms with Crippen molar-refractivity contribution in [3.8, 4) is 0 Å². The molecule has 5 rings (SSSR count). The average Bonchev–Trinajstić information content (AvgIpc) is 3.47. The number of thiophene rings is 1. The maximum atomic E-state index is 13.2. The smallest absolute Gasteiger partial charge is 0.245 e. The van der Waals surface area contributed by atoms with Crippen molar-refractivity contribution < 1.29 is 4.79 Å². The molecule has 2 aliphatic rings. The second kappa shape index (κ2) is 6.35. The van der Waals surface area contributed by atoms with Gasteiger partial charge in [-0.1, -0.05) is 0 Å². The molecule has 0 saturated carbocycles. The zero-order valence-corrected chi connectivity index (χ0v) is 15.2. The molecular weight excluding hydrogens is 348 g/mol. The van der Waals surface area contributed by atoms with E-state index in [4.69, 9.17) is 0 Å². The Morgan fingerprint density at radius 3 is 3.08 bits per heavy atom. The molecule has 0 bridgehead atoms. The number of likely N-dealkylation sites (tertiary alicyclic amines) is 1. The van der Waals surface area contributed by atoms with Crippen LogP contribution in [-0.2, 0) is 4.79 Å². The fraction of sp³-hybridized carbons (Fsp3) is 0.444. The third-order valence-corrected chi connectivity index (χ3v) is 6.25. The van der Waals surface area contributed by atoms with Gasteiger partial charge in [-0.2, -0.15) is 5.10 Å². The zero-order chi connectivity index (χ0) is 17.5. The van der Waals surface area contributed by atoms with E-state index in [2.05, 4.69) is 26.0 Å². The van der Waals surface area contributed by atoms with Crippen molar-refractivity contribution in [1.82, 2.24) is 24.6 Å². The van der Waals surface area contributed by atoms with E-state index in [0.29, 0.717) is 0 Å². The molecule has 0 aromatic carbocycles. The Hall–Kier alpha value is -2.48. The molecule has 8 heteroatoms. The highest BCUT2D eigenvalue weighted by atomic mass is 32.1. The molecule has 2 unspecified atom stereocenters. The van der Waals surface area contributed by atoms with Crippen LogP contribution in [0.25, 0.3) is 10.2 Å². The molecule has 26 heavy (non-hydrogen) atoms. The lowest BCUT2D eigenvalue weighted by atomic mass is 10.2. The number of fused-ring (bicyclic) bond motifs is 1. The number of anilines is 1. The van der Waals surface area contributed by atoms with Crippen LogP contribution in [0.5, 0.6) is 0 Å². The molecule has 0 radical (unpaired) electrons. The van der Waals surface area contributed by atoms with Gasteiger partial charge >= 0.3 is 0 Å². The van der Waals surface area contributed by atoms with E-state index in [1.807, 2.05) is 27.2 Å². The summed E-state index contributed by atoms with van der Waals surface area (Å²) in [6.07, 6.45) is 8.25. The first kappa shape index (κ1) is 15.7. The van der Waals surface area contributed by atoms with E-state index in [1.165, 1.54) is 0 Å². The molecule has 2 fully saturated rings. The minimum absolute atomic E-state index is 0.121. The first-order valence-electron chi connectivity index (χ1n) is 9.04. The maximum absolute atomic E-state index is 13.2. The van der Waals surface area contributed by atoms with E-state index < -0.39 is 0 Å². The lowest BCUT2D eigenvalue weighted by Gasteiger charge is -2.29. The minimum Gasteiger partial charge on any atom is -0.344 e. The van der Waals surface area contributed by atoms with Gasteiger partial charge in [0.2, 0.25) is 5.91 Å². The summed E-state index contributed by atoms with van der Waals surface area (Å²) in [4.78, 5) is 27.2. The summed E-state index contributed by atoms with van der Waals surface area (Å²) >= 11 is 1.61. The summed E-state index contributed by atoms with van der Waals surface area (Å²) in [5.41, 5.74) is 0. The number of hydrogen-bond donors (Lipinski definition) is 0. The summed E-state index contributed by atoms with van der Waals surface area (Å²) in [5.74, 6) is 1.12. The highest BCUT2D eigenvalue weighted by Gasteiger charge is 2.38. The van der Waals surface area contributed by atoms with E-state index in [0.717, 1.165) is 54.9 Å². The Kier molecular flexibility index (Phi) is 3.85. The highest BCUT2D eigenvalue weighted by molar-refractivity contribution is 7.16. The van der Waals surface area contributed by atoms with Gasteiger partial charge in [0.15, 0.2) is 0 Å². The van der Waals surface area contributed by atoms with Crippen molar-refractivity contribution >= 4 is 33.3 Å². The van der Waals surface area contributed by atoms with Crippen molar-refractivity contribution in [2.24, 2.45) is 0 Å². The molecule has 0 spiro atoms. The van der Waals surface area contributed by atoms with Crippen molar-refractivity contribution in [2.75, 3.05) is 24.5 Å². The van der Waals surface area contributed by atoms with Gasteiger partial charge in [-0.25, -0.2) is 9.97 Å². The standard InChI is InChI=1S/C18H20N6OS/c25-18(22-9-4-13(11-22)24-8-2-6-21-24)15-3-1-7-23(15)16-14-5-10-26-17(14)20-12-19-16/h2,5-6,8,10,12-13,15H,1,3-4,7,9,11H2. The Morgan fingerprint density at radius 1 is 1.23 bits per heavy atom. The molecule has 2 saturated heterocycles. The quantitative estimate of drug-likeness (QED) is 0.710. The first-order valence-corrected chi connectivity index (χ1v) is 9.92. The van der Waals surface area contributed by atoms with Crippen molar-refractivity contribution in [3.05, 3.63) is 36.2 Å². The van der Waals surface area contributed by atoms with Gasteiger partial charge in [0.25, 0.3) is 0 Å². The largest absolute Gasteiger partial charge is 0.344 e. The second-order valence-electron chi connectivity index (χ2n) is 6.90. The molecule has 5 heterocycles. The van der Waals surface area contributed by atoms with Gasteiger partial charge in [0.1, 0.15) is 23.0 Å². The lowest BCUT2D eigenvalue weighted by Crippen LogP contribution is -2.45. The predicted octanol–water partition coefficient (Wildman–Crippen LogP) is 2.33. The number of rotatable bonds is 3. The van der Waals surface area contributed by atoms with Crippen LogP contribution in [0.4, 0.5) is 5.82 Å². The first-order chi connectivity index (χ1) is 12.8. The molecule has 7 nitrogen and oxygen atoms in total. The normalized spacial score (nSPS) is 23.2. The third kappa shape index (κ3) is 2.56. The van der Waals surface area contributed by atoms with Crippen molar-refractivity contribution in [1.29, 1.82) is 0 Å². The number of aromatic nitrogens is 4. The van der Waals surface area contributed by atoms with Gasteiger partial charge in [-0.15, -0.1) is 11.3 Å². The summed E-state index contributed by atoms with van der Waals surface area (Å²) in [7, 11) is 0. The lowest BCUT2D eigenvalue weighted by molar-refractivity contribution is -0.131. The maximum Gasteiger partial charge on any atom is 0.245 e. The molecule has 3 aromatic rings. The Bertz CT molecular complexity index is 923. The number of carbonyl (C=O) groups excluding carboxylic acids is 1. The summed E-state index contributed by atoms with van der Waals surface area (Å²) in [6.45, 7) is 2.41. The molecular formula is C18H20N6OS. The van der Waals surface area contributed by atoms with E-state index >= 15 is 0 Å². The van der Waals surface area contributed by atoms with E-state index in [1.54, 1.807) is 23.9 Å². The Balaban J connectivity index is 1.37. The van der Waals surface area contributed by atoms with Crippen LogP contribution >= 0.6 is 11.3 Å². The summed E-state index contributed by atoms with van der Waals surface area (Å²) < 4.78 is 1.97. The molecule has 3 aromatic heterocycles. The van der Waals surface area contributed by atoms with Crippen LogP contribution in [0, 0.1) is 0 Å². The van der Waals surface area contributed by atoms with Gasteiger partial charge in [-0.3, -0.25) is 9.48 Å². The monoisotopic (exact) mass is 368 g/mol. The van der Waals surface area contributed by atoms with Gasteiger partial charge in [0.05, 0.1) is 11.4 Å². The predicted molar refractivity (Wildman–Crippen MR) is 100 cm³/mol. The molecule has 2 aliphatic heterocycles. The minimum atomic E-state index is -0.121. The summed E-state index contributed by atoms with van der Waals surface area (Å²) in [5, 5.41) is 7.41. The molecule has 0 aliphatic carbocycles. The van der Waals surface area contributed by atoms with E-state index in [9.17, 15) is 4.79 Å². The molecule has 1 amide bonds.